The van der Waals surface area contributed by atoms with E-state index < -0.39 is 0 Å². The number of methoxy groups -OCH3 is 2. The molecule has 0 bridgehead atoms. The summed E-state index contributed by atoms with van der Waals surface area (Å²) < 4.78 is 10.5. The zero-order valence-corrected chi connectivity index (χ0v) is 14.8. The van der Waals surface area contributed by atoms with Gasteiger partial charge in [0, 0.05) is 11.6 Å². The SMILES string of the molecule is COc1ccc(CC(=O)NC2(c3nccs3)CCCC2)cc1OC. The van der Waals surface area contributed by atoms with Crippen LogP contribution in [0.4, 0.5) is 0 Å². The molecule has 6 heteroatoms. The Morgan fingerprint density at radius 1 is 1.25 bits per heavy atom. The number of benzene rings is 1. The highest BCUT2D eigenvalue weighted by Gasteiger charge is 2.39. The second-order valence-corrected chi connectivity index (χ2v) is 6.94. The van der Waals surface area contributed by atoms with E-state index in [9.17, 15) is 4.79 Å². The fourth-order valence-electron chi connectivity index (χ4n) is 3.32. The van der Waals surface area contributed by atoms with Crippen LogP contribution in [0.15, 0.2) is 29.8 Å². The molecule has 0 radical (unpaired) electrons. The van der Waals surface area contributed by atoms with Crippen LogP contribution < -0.4 is 14.8 Å². The Morgan fingerprint density at radius 2 is 2.00 bits per heavy atom. The van der Waals surface area contributed by atoms with E-state index in [0.717, 1.165) is 36.3 Å². The molecule has 5 nitrogen and oxygen atoms in total. The minimum atomic E-state index is -0.290. The van der Waals surface area contributed by atoms with Gasteiger partial charge in [-0.25, -0.2) is 4.98 Å². The maximum Gasteiger partial charge on any atom is 0.225 e. The number of carbonyl (C=O) groups excluding carboxylic acids is 1. The first kappa shape index (κ1) is 16.8. The van der Waals surface area contributed by atoms with Crippen LogP contribution in [-0.2, 0) is 16.8 Å². The largest absolute Gasteiger partial charge is 0.493 e. The second kappa shape index (κ2) is 7.21. The average Bonchev–Trinajstić information content (AvgIpc) is 3.26. The molecule has 1 aliphatic carbocycles. The summed E-state index contributed by atoms with van der Waals surface area (Å²) in [5.41, 5.74) is 0.611. The molecule has 1 heterocycles. The minimum Gasteiger partial charge on any atom is -0.493 e. The quantitative estimate of drug-likeness (QED) is 0.872. The number of nitrogens with zero attached hydrogens (tertiary/aromatic N) is 1. The maximum atomic E-state index is 12.6. The van der Waals surface area contributed by atoms with Crippen molar-refractivity contribution in [2.75, 3.05) is 14.2 Å². The molecule has 0 unspecified atom stereocenters. The van der Waals surface area contributed by atoms with Crippen LogP contribution in [0.5, 0.6) is 11.5 Å². The van der Waals surface area contributed by atoms with E-state index in [4.69, 9.17) is 9.47 Å². The van der Waals surface area contributed by atoms with Gasteiger partial charge in [-0.2, -0.15) is 0 Å². The lowest BCUT2D eigenvalue weighted by molar-refractivity contribution is -0.122. The predicted molar refractivity (Wildman–Crippen MR) is 93.7 cm³/mol. The van der Waals surface area contributed by atoms with Gasteiger partial charge in [0.1, 0.15) is 5.01 Å². The summed E-state index contributed by atoms with van der Waals surface area (Å²) in [5.74, 6) is 1.31. The molecule has 24 heavy (non-hydrogen) atoms. The van der Waals surface area contributed by atoms with Gasteiger partial charge in [-0.1, -0.05) is 18.9 Å². The molecular formula is C18H22N2O3S. The van der Waals surface area contributed by atoms with Crippen LogP contribution in [0.25, 0.3) is 0 Å². The summed E-state index contributed by atoms with van der Waals surface area (Å²) in [6, 6.07) is 5.57. The number of rotatable bonds is 6. The third kappa shape index (κ3) is 3.38. The predicted octanol–water partition coefficient (Wildman–Crippen LogP) is 3.29. The van der Waals surface area contributed by atoms with Gasteiger partial charge in [-0.15, -0.1) is 11.3 Å². The van der Waals surface area contributed by atoms with Crippen LogP contribution in [0, 0.1) is 0 Å². The van der Waals surface area contributed by atoms with Crippen LogP contribution in [0.2, 0.25) is 0 Å². The number of hydrogen-bond donors (Lipinski definition) is 1. The van der Waals surface area contributed by atoms with Crippen molar-refractivity contribution < 1.29 is 14.3 Å². The molecule has 1 amide bonds. The topological polar surface area (TPSA) is 60.5 Å². The van der Waals surface area contributed by atoms with E-state index in [1.54, 1.807) is 31.8 Å². The van der Waals surface area contributed by atoms with Gasteiger partial charge < -0.3 is 14.8 Å². The van der Waals surface area contributed by atoms with Gasteiger partial charge in [0.05, 0.1) is 26.2 Å². The van der Waals surface area contributed by atoms with Crippen molar-refractivity contribution >= 4 is 17.2 Å². The molecule has 1 aromatic heterocycles. The molecule has 1 saturated carbocycles. The lowest BCUT2D eigenvalue weighted by Gasteiger charge is -2.28. The summed E-state index contributed by atoms with van der Waals surface area (Å²) >= 11 is 1.62. The van der Waals surface area contributed by atoms with Crippen molar-refractivity contribution in [2.45, 2.75) is 37.6 Å². The van der Waals surface area contributed by atoms with Crippen molar-refractivity contribution in [3.63, 3.8) is 0 Å². The third-order valence-corrected chi connectivity index (χ3v) is 5.47. The highest BCUT2D eigenvalue weighted by molar-refractivity contribution is 7.09. The summed E-state index contributed by atoms with van der Waals surface area (Å²) in [6.07, 6.45) is 6.27. The summed E-state index contributed by atoms with van der Waals surface area (Å²) in [5, 5.41) is 6.23. The monoisotopic (exact) mass is 346 g/mol. The smallest absolute Gasteiger partial charge is 0.225 e. The van der Waals surface area contributed by atoms with E-state index in [-0.39, 0.29) is 11.4 Å². The Bertz CT molecular complexity index is 694. The van der Waals surface area contributed by atoms with Crippen molar-refractivity contribution in [3.05, 3.63) is 40.3 Å². The average molecular weight is 346 g/mol. The zero-order chi connectivity index (χ0) is 17.0. The Balaban J connectivity index is 1.73. The second-order valence-electron chi connectivity index (χ2n) is 6.04. The van der Waals surface area contributed by atoms with Gasteiger partial charge >= 0.3 is 0 Å². The van der Waals surface area contributed by atoms with Gasteiger partial charge in [-0.3, -0.25) is 4.79 Å². The van der Waals surface area contributed by atoms with Crippen LogP contribution in [0.1, 0.15) is 36.3 Å². The first-order chi connectivity index (χ1) is 11.7. The Labute approximate surface area is 146 Å². The van der Waals surface area contributed by atoms with Gasteiger partial charge in [-0.05, 0) is 30.5 Å². The first-order valence-corrected chi connectivity index (χ1v) is 8.97. The van der Waals surface area contributed by atoms with Gasteiger partial charge in [0.15, 0.2) is 11.5 Å². The van der Waals surface area contributed by atoms with Gasteiger partial charge in [0.25, 0.3) is 0 Å². The molecule has 1 aliphatic rings. The summed E-state index contributed by atoms with van der Waals surface area (Å²) in [7, 11) is 3.19. The number of aromatic nitrogens is 1. The van der Waals surface area contributed by atoms with Crippen molar-refractivity contribution in [1.29, 1.82) is 0 Å². The highest BCUT2D eigenvalue weighted by atomic mass is 32.1. The molecule has 1 fully saturated rings. The fraction of sp³-hybridized carbons (Fsp3) is 0.444. The van der Waals surface area contributed by atoms with Crippen LogP contribution in [-0.4, -0.2) is 25.1 Å². The standard InChI is InChI=1S/C18H22N2O3S/c1-22-14-6-5-13(11-15(14)23-2)12-16(21)20-18(7-3-4-8-18)17-19-9-10-24-17/h5-6,9-11H,3-4,7-8,12H2,1-2H3,(H,20,21). The molecule has 2 aromatic rings. The number of nitrogens with one attached hydrogen (secondary N) is 1. The number of thiazole rings is 1. The molecule has 128 valence electrons. The van der Waals surface area contributed by atoms with Crippen LogP contribution in [0.3, 0.4) is 0 Å². The molecule has 0 saturated heterocycles. The molecular weight excluding hydrogens is 324 g/mol. The van der Waals surface area contributed by atoms with Crippen molar-refractivity contribution in [1.82, 2.24) is 10.3 Å². The lowest BCUT2D eigenvalue weighted by atomic mass is 9.97. The number of ether oxygens (including phenoxy) is 2. The number of carbonyl (C=O) groups is 1. The molecule has 0 spiro atoms. The summed E-state index contributed by atoms with van der Waals surface area (Å²) in [6.45, 7) is 0. The molecule has 0 aliphatic heterocycles. The van der Waals surface area contributed by atoms with E-state index in [1.807, 2.05) is 23.6 Å². The van der Waals surface area contributed by atoms with Crippen LogP contribution >= 0.6 is 11.3 Å². The van der Waals surface area contributed by atoms with Crippen molar-refractivity contribution in [3.8, 4) is 11.5 Å². The van der Waals surface area contributed by atoms with E-state index in [2.05, 4.69) is 10.3 Å². The Kier molecular flexibility index (Phi) is 5.04. The molecule has 1 N–H and O–H groups in total. The number of amides is 1. The normalized spacial score (nSPS) is 15.9. The summed E-state index contributed by atoms with van der Waals surface area (Å²) in [4.78, 5) is 17.1. The molecule has 3 rings (SSSR count). The third-order valence-electron chi connectivity index (χ3n) is 4.49. The van der Waals surface area contributed by atoms with Gasteiger partial charge in [0.2, 0.25) is 5.91 Å². The van der Waals surface area contributed by atoms with E-state index in [0.29, 0.717) is 17.9 Å². The van der Waals surface area contributed by atoms with Crippen molar-refractivity contribution in [2.24, 2.45) is 0 Å². The number of hydrogen-bond acceptors (Lipinski definition) is 5. The Hall–Kier alpha value is -2.08. The Morgan fingerprint density at radius 3 is 2.62 bits per heavy atom. The molecule has 0 atom stereocenters. The van der Waals surface area contributed by atoms with E-state index >= 15 is 0 Å². The fourth-order valence-corrected chi connectivity index (χ4v) is 4.17. The maximum absolute atomic E-state index is 12.6. The zero-order valence-electron chi connectivity index (χ0n) is 14.0. The molecule has 1 aromatic carbocycles. The minimum absolute atomic E-state index is 0.0133. The first-order valence-electron chi connectivity index (χ1n) is 8.09. The highest BCUT2D eigenvalue weighted by Crippen LogP contribution is 2.39. The lowest BCUT2D eigenvalue weighted by Crippen LogP contribution is -2.44. The van der Waals surface area contributed by atoms with E-state index in [1.165, 1.54) is 0 Å².